The van der Waals surface area contributed by atoms with Crippen LogP contribution < -0.4 is 0 Å². The third kappa shape index (κ3) is 1.62. The number of hydrogen-bond donors (Lipinski definition) is 0. The van der Waals surface area contributed by atoms with Crippen LogP contribution in [0.2, 0.25) is 0 Å². The first-order chi connectivity index (χ1) is 8.89. The van der Waals surface area contributed by atoms with Crippen LogP contribution in [0.5, 0.6) is 0 Å². The summed E-state index contributed by atoms with van der Waals surface area (Å²) in [4.78, 5) is 0. The highest BCUT2D eigenvalue weighted by atomic mass is 16.5. The molecule has 0 radical (unpaired) electrons. The summed E-state index contributed by atoms with van der Waals surface area (Å²) in [7, 11) is 0. The van der Waals surface area contributed by atoms with Crippen LogP contribution in [0, 0.1) is 11.8 Å². The zero-order valence-electron chi connectivity index (χ0n) is 11.5. The van der Waals surface area contributed by atoms with Gasteiger partial charge in [0.05, 0.1) is 11.7 Å². The Morgan fingerprint density at radius 3 is 2.67 bits per heavy atom. The van der Waals surface area contributed by atoms with Crippen molar-refractivity contribution in [3.05, 3.63) is 11.6 Å². The lowest BCUT2D eigenvalue weighted by atomic mass is 9.64. The van der Waals surface area contributed by atoms with E-state index in [4.69, 9.17) is 4.74 Å². The molecule has 1 aliphatic heterocycles. The van der Waals surface area contributed by atoms with Crippen molar-refractivity contribution in [2.24, 2.45) is 11.8 Å². The van der Waals surface area contributed by atoms with E-state index in [0.29, 0.717) is 6.10 Å². The number of rotatable bonds is 0. The molecule has 18 heavy (non-hydrogen) atoms. The van der Waals surface area contributed by atoms with Crippen LogP contribution in [0.15, 0.2) is 11.6 Å². The van der Waals surface area contributed by atoms with Gasteiger partial charge in [-0.05, 0) is 44.9 Å². The van der Waals surface area contributed by atoms with Crippen molar-refractivity contribution in [2.75, 3.05) is 0 Å². The Bertz CT molecular complexity index is 351. The molecule has 4 aliphatic rings. The summed E-state index contributed by atoms with van der Waals surface area (Å²) in [6, 6.07) is 0. The van der Waals surface area contributed by atoms with Gasteiger partial charge in [0, 0.05) is 11.8 Å². The highest BCUT2D eigenvalue weighted by Crippen LogP contribution is 2.55. The fourth-order valence-electron chi connectivity index (χ4n) is 5.32. The fourth-order valence-corrected chi connectivity index (χ4v) is 5.32. The Labute approximate surface area is 111 Å². The molecule has 1 heteroatoms. The van der Waals surface area contributed by atoms with E-state index in [1.165, 1.54) is 70.6 Å². The second-order valence-corrected chi connectivity index (χ2v) is 7.01. The predicted octanol–water partition coefficient (Wildman–Crippen LogP) is 4.61. The first-order valence-electron chi connectivity index (χ1n) is 8.27. The Hall–Kier alpha value is -0.300. The Balaban J connectivity index is 1.71. The van der Waals surface area contributed by atoms with Gasteiger partial charge in [0.2, 0.25) is 0 Å². The number of fused-ring (bicyclic) bond motifs is 4. The maximum absolute atomic E-state index is 6.77. The maximum atomic E-state index is 6.77. The molecule has 100 valence electrons. The molecule has 0 N–H and O–H groups in total. The lowest BCUT2D eigenvalue weighted by Gasteiger charge is -2.53. The monoisotopic (exact) mass is 246 g/mol. The van der Waals surface area contributed by atoms with Gasteiger partial charge in [0.25, 0.3) is 0 Å². The van der Waals surface area contributed by atoms with Crippen molar-refractivity contribution in [3.8, 4) is 0 Å². The zero-order valence-corrected chi connectivity index (χ0v) is 11.5. The molecule has 0 bridgehead atoms. The quantitative estimate of drug-likeness (QED) is 0.567. The fraction of sp³-hybridized carbons (Fsp3) is 0.882. The van der Waals surface area contributed by atoms with E-state index in [-0.39, 0.29) is 5.60 Å². The standard InChI is InChI=1S/C17H26O/c1-3-9-15-13(7-1)14-8-2-4-10-16(14)18-17(15)11-5-6-12-17/h7,14-16H,1-6,8-12H2/t14-,15-,16-/m1/s1. The highest BCUT2D eigenvalue weighted by molar-refractivity contribution is 5.24. The topological polar surface area (TPSA) is 9.23 Å². The number of hydrogen-bond acceptors (Lipinski definition) is 1. The van der Waals surface area contributed by atoms with Crippen molar-refractivity contribution in [2.45, 2.75) is 82.3 Å². The van der Waals surface area contributed by atoms with Crippen LogP contribution in [0.25, 0.3) is 0 Å². The predicted molar refractivity (Wildman–Crippen MR) is 73.5 cm³/mol. The largest absolute Gasteiger partial charge is 0.371 e. The van der Waals surface area contributed by atoms with Crippen LogP contribution in [-0.4, -0.2) is 11.7 Å². The molecule has 0 aromatic rings. The average molecular weight is 246 g/mol. The molecule has 0 unspecified atom stereocenters. The van der Waals surface area contributed by atoms with Gasteiger partial charge in [-0.25, -0.2) is 0 Å². The Kier molecular flexibility index (Phi) is 2.80. The molecule has 2 saturated carbocycles. The van der Waals surface area contributed by atoms with E-state index >= 15 is 0 Å². The Morgan fingerprint density at radius 2 is 1.78 bits per heavy atom. The molecule has 0 aromatic carbocycles. The van der Waals surface area contributed by atoms with Gasteiger partial charge in [-0.15, -0.1) is 0 Å². The van der Waals surface area contributed by atoms with Crippen LogP contribution in [0.4, 0.5) is 0 Å². The molecule has 1 saturated heterocycles. The van der Waals surface area contributed by atoms with E-state index < -0.39 is 0 Å². The third-order valence-corrected chi connectivity index (χ3v) is 6.08. The molecule has 1 nitrogen and oxygen atoms in total. The molecular formula is C17H26O. The van der Waals surface area contributed by atoms with Crippen molar-refractivity contribution in [1.82, 2.24) is 0 Å². The maximum Gasteiger partial charge on any atom is 0.0751 e. The molecule has 0 aromatic heterocycles. The minimum Gasteiger partial charge on any atom is -0.371 e. The smallest absolute Gasteiger partial charge is 0.0751 e. The van der Waals surface area contributed by atoms with Crippen LogP contribution in [-0.2, 0) is 4.74 Å². The summed E-state index contributed by atoms with van der Waals surface area (Å²) >= 11 is 0. The summed E-state index contributed by atoms with van der Waals surface area (Å²) < 4.78 is 6.77. The van der Waals surface area contributed by atoms with E-state index in [9.17, 15) is 0 Å². The van der Waals surface area contributed by atoms with Gasteiger partial charge in [0.15, 0.2) is 0 Å². The first kappa shape index (κ1) is 11.5. The normalized spacial score (nSPS) is 42.2. The van der Waals surface area contributed by atoms with E-state index in [0.717, 1.165) is 11.8 Å². The van der Waals surface area contributed by atoms with Gasteiger partial charge >= 0.3 is 0 Å². The van der Waals surface area contributed by atoms with Crippen molar-refractivity contribution in [3.63, 3.8) is 0 Å². The molecule has 4 rings (SSSR count). The van der Waals surface area contributed by atoms with E-state index in [2.05, 4.69) is 6.08 Å². The number of ether oxygens (including phenoxy) is 1. The minimum absolute atomic E-state index is 0.283. The van der Waals surface area contributed by atoms with Crippen LogP contribution >= 0.6 is 0 Å². The summed E-state index contributed by atoms with van der Waals surface area (Å²) in [6.07, 6.45) is 18.4. The van der Waals surface area contributed by atoms with Crippen molar-refractivity contribution >= 4 is 0 Å². The third-order valence-electron chi connectivity index (χ3n) is 6.08. The SMILES string of the molecule is C1=C2[C@H]3CCCC[C@H]3OC3(CCCC3)[C@@H]2CCC1. The van der Waals surface area contributed by atoms with Gasteiger partial charge in [0.1, 0.15) is 0 Å². The zero-order chi connectivity index (χ0) is 12.0. The molecule has 3 atom stereocenters. The van der Waals surface area contributed by atoms with E-state index in [1.54, 1.807) is 0 Å². The molecule has 0 amide bonds. The van der Waals surface area contributed by atoms with Crippen LogP contribution in [0.3, 0.4) is 0 Å². The lowest BCUT2D eigenvalue weighted by Crippen LogP contribution is -2.52. The minimum atomic E-state index is 0.283. The lowest BCUT2D eigenvalue weighted by molar-refractivity contribution is -0.170. The van der Waals surface area contributed by atoms with Gasteiger partial charge < -0.3 is 4.74 Å². The van der Waals surface area contributed by atoms with Gasteiger partial charge in [-0.1, -0.05) is 37.3 Å². The summed E-state index contributed by atoms with van der Waals surface area (Å²) in [5.41, 5.74) is 2.13. The Morgan fingerprint density at radius 1 is 0.944 bits per heavy atom. The summed E-state index contributed by atoms with van der Waals surface area (Å²) in [5.74, 6) is 1.60. The van der Waals surface area contributed by atoms with Gasteiger partial charge in [-0.3, -0.25) is 0 Å². The van der Waals surface area contributed by atoms with Crippen LogP contribution in [0.1, 0.15) is 70.6 Å². The molecular weight excluding hydrogens is 220 g/mol. The number of allylic oxidation sites excluding steroid dienone is 1. The molecule has 1 spiro atoms. The summed E-state index contributed by atoms with van der Waals surface area (Å²) in [5, 5.41) is 0. The summed E-state index contributed by atoms with van der Waals surface area (Å²) in [6.45, 7) is 0. The molecule has 1 heterocycles. The second-order valence-electron chi connectivity index (χ2n) is 7.01. The van der Waals surface area contributed by atoms with Crippen molar-refractivity contribution < 1.29 is 4.74 Å². The molecule has 3 fully saturated rings. The second kappa shape index (κ2) is 4.37. The van der Waals surface area contributed by atoms with Crippen molar-refractivity contribution in [1.29, 1.82) is 0 Å². The molecule has 3 aliphatic carbocycles. The first-order valence-corrected chi connectivity index (χ1v) is 8.27. The van der Waals surface area contributed by atoms with Gasteiger partial charge in [-0.2, -0.15) is 0 Å². The highest BCUT2D eigenvalue weighted by Gasteiger charge is 2.52. The average Bonchev–Trinajstić information content (AvgIpc) is 2.89. The van der Waals surface area contributed by atoms with E-state index in [1.807, 2.05) is 5.57 Å².